The fourth-order valence-corrected chi connectivity index (χ4v) is 1.88. The molecule has 2 rings (SSSR count). The third kappa shape index (κ3) is 4.99. The summed E-state index contributed by atoms with van der Waals surface area (Å²) in [6.45, 7) is 0.363. The molecule has 3 N–H and O–H groups in total. The molecule has 0 aliphatic heterocycles. The highest BCUT2D eigenvalue weighted by Crippen LogP contribution is 2.13. The highest BCUT2D eigenvalue weighted by atomic mass is 16.5. The first-order chi connectivity index (χ1) is 10.1. The lowest BCUT2D eigenvalue weighted by molar-refractivity contribution is -0.120. The van der Waals surface area contributed by atoms with Gasteiger partial charge in [-0.1, -0.05) is 42.5 Å². The van der Waals surface area contributed by atoms with Crippen molar-refractivity contribution < 1.29 is 14.3 Å². The average Bonchev–Trinajstić information content (AvgIpc) is 2.46. The lowest BCUT2D eigenvalue weighted by Gasteiger charge is -2.07. The normalized spacial score (nSPS) is 9.90. The van der Waals surface area contributed by atoms with Gasteiger partial charge in [0, 0.05) is 6.54 Å². The Bertz CT molecular complexity index is 626. The Balaban J connectivity index is 1.88. The summed E-state index contributed by atoms with van der Waals surface area (Å²) < 4.78 is 4.78. The van der Waals surface area contributed by atoms with Crippen LogP contribution in [0.15, 0.2) is 54.6 Å². The van der Waals surface area contributed by atoms with Crippen molar-refractivity contribution in [1.29, 1.82) is 0 Å². The molecule has 0 fully saturated rings. The van der Waals surface area contributed by atoms with Crippen molar-refractivity contribution in [2.45, 2.75) is 13.0 Å². The summed E-state index contributed by atoms with van der Waals surface area (Å²) in [5, 5.41) is 2.82. The Morgan fingerprint density at radius 2 is 1.71 bits per heavy atom. The smallest absolute Gasteiger partial charge is 0.409 e. The molecule has 0 radical (unpaired) electrons. The van der Waals surface area contributed by atoms with Crippen molar-refractivity contribution >= 4 is 12.0 Å². The standard InChI is InChI=1S/C16H16N2O3/c17-16(20)21-14-8-4-7-13(9-14)11-18-15(19)10-12-5-2-1-3-6-12/h1-9H,10-11H2,(H2,17,20)(H,18,19). The zero-order chi connectivity index (χ0) is 15.1. The Morgan fingerprint density at radius 1 is 1.00 bits per heavy atom. The minimum absolute atomic E-state index is 0.0672. The second kappa shape index (κ2) is 7.09. The molecule has 2 aromatic carbocycles. The predicted octanol–water partition coefficient (Wildman–Crippen LogP) is 2.00. The molecule has 0 heterocycles. The number of hydrogen-bond acceptors (Lipinski definition) is 3. The van der Waals surface area contributed by atoms with E-state index in [1.54, 1.807) is 18.2 Å². The van der Waals surface area contributed by atoms with E-state index >= 15 is 0 Å². The van der Waals surface area contributed by atoms with E-state index in [1.165, 1.54) is 0 Å². The fraction of sp³-hybridized carbons (Fsp3) is 0.125. The van der Waals surface area contributed by atoms with Crippen LogP contribution in [0.3, 0.4) is 0 Å². The number of primary amides is 1. The van der Waals surface area contributed by atoms with Crippen LogP contribution < -0.4 is 15.8 Å². The molecule has 0 saturated carbocycles. The number of carbonyl (C=O) groups is 2. The van der Waals surface area contributed by atoms with Gasteiger partial charge < -0.3 is 15.8 Å². The molecule has 108 valence electrons. The van der Waals surface area contributed by atoms with E-state index in [9.17, 15) is 9.59 Å². The maximum absolute atomic E-state index is 11.8. The van der Waals surface area contributed by atoms with E-state index in [0.29, 0.717) is 18.7 Å². The largest absolute Gasteiger partial charge is 0.410 e. The summed E-state index contributed by atoms with van der Waals surface area (Å²) in [6, 6.07) is 16.4. The number of nitrogens with two attached hydrogens (primary N) is 1. The van der Waals surface area contributed by atoms with Crippen LogP contribution in [0.4, 0.5) is 4.79 Å². The van der Waals surface area contributed by atoms with Crippen LogP contribution in [0.5, 0.6) is 5.75 Å². The van der Waals surface area contributed by atoms with Crippen LogP contribution in [0.1, 0.15) is 11.1 Å². The predicted molar refractivity (Wildman–Crippen MR) is 78.6 cm³/mol. The lowest BCUT2D eigenvalue weighted by atomic mass is 10.1. The first kappa shape index (κ1) is 14.6. The van der Waals surface area contributed by atoms with Crippen molar-refractivity contribution in [2.24, 2.45) is 5.73 Å². The number of rotatable bonds is 5. The minimum atomic E-state index is -0.861. The Kier molecular flexibility index (Phi) is 4.93. The number of carbonyl (C=O) groups excluding carboxylic acids is 2. The zero-order valence-corrected chi connectivity index (χ0v) is 11.4. The van der Waals surface area contributed by atoms with Crippen LogP contribution in [-0.4, -0.2) is 12.0 Å². The van der Waals surface area contributed by atoms with E-state index < -0.39 is 6.09 Å². The third-order valence-corrected chi connectivity index (χ3v) is 2.81. The van der Waals surface area contributed by atoms with Crippen molar-refractivity contribution in [1.82, 2.24) is 5.32 Å². The Hall–Kier alpha value is -2.82. The minimum Gasteiger partial charge on any atom is -0.410 e. The van der Waals surface area contributed by atoms with Crippen molar-refractivity contribution in [3.63, 3.8) is 0 Å². The van der Waals surface area contributed by atoms with E-state index in [4.69, 9.17) is 10.5 Å². The quantitative estimate of drug-likeness (QED) is 0.881. The van der Waals surface area contributed by atoms with E-state index in [2.05, 4.69) is 5.32 Å². The van der Waals surface area contributed by atoms with E-state index in [1.807, 2.05) is 36.4 Å². The van der Waals surface area contributed by atoms with Crippen molar-refractivity contribution in [3.8, 4) is 5.75 Å². The molecule has 0 atom stereocenters. The van der Waals surface area contributed by atoms with Crippen LogP contribution in [0.25, 0.3) is 0 Å². The summed E-state index contributed by atoms with van der Waals surface area (Å²) in [4.78, 5) is 22.5. The average molecular weight is 284 g/mol. The topological polar surface area (TPSA) is 81.4 Å². The number of benzene rings is 2. The van der Waals surface area contributed by atoms with Gasteiger partial charge in [-0.2, -0.15) is 0 Å². The van der Waals surface area contributed by atoms with Gasteiger partial charge in [-0.3, -0.25) is 4.79 Å². The summed E-state index contributed by atoms with van der Waals surface area (Å²) in [7, 11) is 0. The van der Waals surface area contributed by atoms with Crippen LogP contribution >= 0.6 is 0 Å². The maximum Gasteiger partial charge on any atom is 0.409 e. The molecule has 21 heavy (non-hydrogen) atoms. The van der Waals surface area contributed by atoms with Gasteiger partial charge in [-0.25, -0.2) is 4.79 Å². The maximum atomic E-state index is 11.8. The fourth-order valence-electron chi connectivity index (χ4n) is 1.88. The van der Waals surface area contributed by atoms with E-state index in [-0.39, 0.29) is 5.91 Å². The lowest BCUT2D eigenvalue weighted by Crippen LogP contribution is -2.24. The van der Waals surface area contributed by atoms with Crippen LogP contribution in [0.2, 0.25) is 0 Å². The van der Waals surface area contributed by atoms with Gasteiger partial charge in [-0.15, -0.1) is 0 Å². The number of amides is 2. The van der Waals surface area contributed by atoms with Crippen LogP contribution in [0, 0.1) is 0 Å². The SMILES string of the molecule is NC(=O)Oc1cccc(CNC(=O)Cc2ccccc2)c1. The number of hydrogen-bond donors (Lipinski definition) is 2. The molecular weight excluding hydrogens is 268 g/mol. The second-order valence-electron chi connectivity index (χ2n) is 4.51. The molecule has 0 aliphatic rings. The van der Waals surface area contributed by atoms with Gasteiger partial charge >= 0.3 is 6.09 Å². The highest BCUT2D eigenvalue weighted by molar-refractivity contribution is 5.78. The Morgan fingerprint density at radius 3 is 2.43 bits per heavy atom. The molecule has 5 heteroatoms. The van der Waals surface area contributed by atoms with Crippen molar-refractivity contribution in [2.75, 3.05) is 0 Å². The molecule has 2 amide bonds. The van der Waals surface area contributed by atoms with Crippen LogP contribution in [-0.2, 0) is 17.8 Å². The van der Waals surface area contributed by atoms with Gasteiger partial charge in [0.2, 0.25) is 5.91 Å². The number of ether oxygens (including phenoxy) is 1. The van der Waals surface area contributed by atoms with Gasteiger partial charge in [0.1, 0.15) is 5.75 Å². The molecule has 0 spiro atoms. The first-order valence-electron chi connectivity index (χ1n) is 6.50. The summed E-state index contributed by atoms with van der Waals surface area (Å²) in [6.07, 6.45) is -0.529. The van der Waals surface area contributed by atoms with Gasteiger partial charge in [-0.05, 0) is 23.3 Å². The monoisotopic (exact) mass is 284 g/mol. The Labute approximate surface area is 122 Å². The van der Waals surface area contributed by atoms with Gasteiger partial charge in [0.25, 0.3) is 0 Å². The molecule has 2 aromatic rings. The molecular formula is C16H16N2O3. The molecule has 0 saturated heterocycles. The highest BCUT2D eigenvalue weighted by Gasteiger charge is 2.04. The van der Waals surface area contributed by atoms with Gasteiger partial charge in [0.05, 0.1) is 6.42 Å². The van der Waals surface area contributed by atoms with Crippen molar-refractivity contribution in [3.05, 3.63) is 65.7 Å². The molecule has 0 unspecified atom stereocenters. The molecule has 0 aromatic heterocycles. The van der Waals surface area contributed by atoms with E-state index in [0.717, 1.165) is 11.1 Å². The third-order valence-electron chi connectivity index (χ3n) is 2.81. The summed E-state index contributed by atoms with van der Waals surface area (Å²) >= 11 is 0. The molecule has 5 nitrogen and oxygen atoms in total. The number of nitrogens with one attached hydrogen (secondary N) is 1. The summed E-state index contributed by atoms with van der Waals surface area (Å²) in [5.41, 5.74) is 6.74. The molecule has 0 aliphatic carbocycles. The summed E-state index contributed by atoms with van der Waals surface area (Å²) in [5.74, 6) is 0.291. The van der Waals surface area contributed by atoms with Gasteiger partial charge in [0.15, 0.2) is 0 Å². The zero-order valence-electron chi connectivity index (χ0n) is 11.4. The first-order valence-corrected chi connectivity index (χ1v) is 6.50. The molecule has 0 bridgehead atoms. The second-order valence-corrected chi connectivity index (χ2v) is 4.51.